The molecule has 5 rings (SSSR count). The fraction of sp³-hybridized carbons (Fsp3) is 0.533. The summed E-state index contributed by atoms with van der Waals surface area (Å²) in [6.45, 7) is 6.72. The van der Waals surface area contributed by atoms with Gasteiger partial charge in [-0.25, -0.2) is 14.8 Å². The summed E-state index contributed by atoms with van der Waals surface area (Å²) in [5, 5.41) is 5.08. The van der Waals surface area contributed by atoms with E-state index in [2.05, 4.69) is 21.4 Å². The number of carbonyl (C=O) groups is 2. The number of benzene rings is 1. The van der Waals surface area contributed by atoms with Gasteiger partial charge in [-0.05, 0) is 71.3 Å². The number of aromatic amines is 1. The van der Waals surface area contributed by atoms with Crippen molar-refractivity contribution in [1.29, 1.82) is 0 Å². The van der Waals surface area contributed by atoms with Gasteiger partial charge >= 0.3 is 6.09 Å². The Bertz CT molecular complexity index is 1330. The average Bonchev–Trinajstić information content (AvgIpc) is 3.34. The van der Waals surface area contributed by atoms with E-state index >= 15 is 0 Å². The van der Waals surface area contributed by atoms with Gasteiger partial charge in [0.2, 0.25) is 5.95 Å². The zero-order chi connectivity index (χ0) is 27.6. The maximum atomic E-state index is 13.1. The van der Waals surface area contributed by atoms with Crippen LogP contribution in [-0.2, 0) is 9.53 Å². The second-order valence-electron chi connectivity index (χ2n) is 11.9. The molecule has 8 nitrogen and oxygen atoms in total. The molecule has 1 aromatic carbocycles. The fourth-order valence-electron chi connectivity index (χ4n) is 5.77. The summed E-state index contributed by atoms with van der Waals surface area (Å²) in [7, 11) is 0. The lowest BCUT2D eigenvalue weighted by Crippen LogP contribution is -2.45. The molecule has 0 bridgehead atoms. The molecule has 2 aliphatic rings. The number of aromatic nitrogens is 3. The van der Waals surface area contributed by atoms with Crippen molar-refractivity contribution >= 4 is 40.3 Å². The van der Waals surface area contributed by atoms with Crippen LogP contribution >= 0.6 is 11.6 Å². The molecule has 1 aliphatic heterocycles. The van der Waals surface area contributed by atoms with Crippen molar-refractivity contribution in [3.05, 3.63) is 41.7 Å². The van der Waals surface area contributed by atoms with Crippen LogP contribution in [0.4, 0.5) is 10.7 Å². The summed E-state index contributed by atoms with van der Waals surface area (Å²) in [6.07, 6.45) is 9.43. The minimum Gasteiger partial charge on any atom is -0.444 e. The average molecular weight is 552 g/mol. The molecular formula is C30H38ClN5O3. The smallest absolute Gasteiger partial charge is 0.410 e. The van der Waals surface area contributed by atoms with Crippen LogP contribution in [-0.4, -0.2) is 56.5 Å². The minimum absolute atomic E-state index is 0.0903. The Morgan fingerprint density at radius 2 is 1.92 bits per heavy atom. The molecular weight excluding hydrogens is 514 g/mol. The number of ketones is 1. The molecule has 0 radical (unpaired) electrons. The SMILES string of the molecule is CC(C)(C)OC(=O)N1CCCC(C(=O)CC2CCC(Nc3ncc(Cl)c(-c4c[nH]c5ccccc45)n3)CC2)C1. The Morgan fingerprint density at radius 1 is 1.15 bits per heavy atom. The third-order valence-electron chi connectivity index (χ3n) is 7.79. The largest absolute Gasteiger partial charge is 0.444 e. The first-order valence-electron chi connectivity index (χ1n) is 14.0. The number of likely N-dealkylation sites (tertiary alicyclic amines) is 1. The Labute approximate surface area is 234 Å². The highest BCUT2D eigenvalue weighted by Crippen LogP contribution is 2.34. The van der Waals surface area contributed by atoms with Crippen molar-refractivity contribution in [2.45, 2.75) is 77.4 Å². The van der Waals surface area contributed by atoms with Crippen LogP contribution < -0.4 is 5.32 Å². The number of anilines is 1. The van der Waals surface area contributed by atoms with Crippen LogP contribution in [0.1, 0.15) is 65.7 Å². The number of para-hydroxylation sites is 1. The number of nitrogens with one attached hydrogen (secondary N) is 2. The van der Waals surface area contributed by atoms with E-state index in [1.54, 1.807) is 11.1 Å². The van der Waals surface area contributed by atoms with E-state index in [9.17, 15) is 9.59 Å². The van der Waals surface area contributed by atoms with Gasteiger partial charge in [0.05, 0.1) is 16.9 Å². The summed E-state index contributed by atoms with van der Waals surface area (Å²) in [4.78, 5) is 39.8. The third-order valence-corrected chi connectivity index (χ3v) is 8.06. The highest BCUT2D eigenvalue weighted by molar-refractivity contribution is 6.33. The number of Topliss-reactive ketones (excluding diaryl/α,β-unsaturated/α-hetero) is 1. The number of halogens is 1. The second-order valence-corrected chi connectivity index (χ2v) is 12.3. The van der Waals surface area contributed by atoms with E-state index in [1.165, 1.54) is 0 Å². The molecule has 208 valence electrons. The molecule has 1 saturated carbocycles. The van der Waals surface area contributed by atoms with Crippen molar-refractivity contribution in [2.24, 2.45) is 11.8 Å². The molecule has 1 atom stereocenters. The topological polar surface area (TPSA) is 100 Å². The number of fused-ring (bicyclic) bond motifs is 1. The van der Waals surface area contributed by atoms with Gasteiger partial charge < -0.3 is 19.9 Å². The van der Waals surface area contributed by atoms with Gasteiger partial charge in [-0.2, -0.15) is 0 Å². The van der Waals surface area contributed by atoms with Gasteiger partial charge in [0.1, 0.15) is 11.4 Å². The monoisotopic (exact) mass is 551 g/mol. The predicted molar refractivity (Wildman–Crippen MR) is 154 cm³/mol. The van der Waals surface area contributed by atoms with E-state index in [0.29, 0.717) is 42.1 Å². The van der Waals surface area contributed by atoms with Crippen LogP contribution in [0.3, 0.4) is 0 Å². The zero-order valence-corrected chi connectivity index (χ0v) is 23.8. The van der Waals surface area contributed by atoms with Crippen LogP contribution in [0.2, 0.25) is 5.02 Å². The van der Waals surface area contributed by atoms with Gasteiger partial charge in [-0.1, -0.05) is 29.8 Å². The Balaban J connectivity index is 1.13. The molecule has 9 heteroatoms. The van der Waals surface area contributed by atoms with E-state index in [4.69, 9.17) is 21.3 Å². The standard InChI is InChI=1S/C30H38ClN5O3/c1-30(2,3)39-29(38)36-14-6-7-20(18-36)26(37)15-19-10-12-21(13-11-19)34-28-33-17-24(31)27(35-28)23-16-32-25-9-5-4-8-22(23)25/h4-5,8-9,16-17,19-21,32H,6-7,10-15,18H2,1-3H3,(H,33,34,35). The first-order chi connectivity index (χ1) is 18.7. The summed E-state index contributed by atoms with van der Waals surface area (Å²) >= 11 is 6.49. The number of hydrogen-bond donors (Lipinski definition) is 2. The van der Waals surface area contributed by atoms with Crippen molar-refractivity contribution in [3.8, 4) is 11.3 Å². The lowest BCUT2D eigenvalue weighted by Gasteiger charge is -2.34. The lowest BCUT2D eigenvalue weighted by molar-refractivity contribution is -0.125. The molecule has 0 spiro atoms. The number of piperidine rings is 1. The normalized spacial score (nSPS) is 22.1. The lowest BCUT2D eigenvalue weighted by atomic mass is 9.80. The van der Waals surface area contributed by atoms with E-state index in [1.807, 2.05) is 45.2 Å². The molecule has 3 aromatic rings. The highest BCUT2D eigenvalue weighted by Gasteiger charge is 2.32. The maximum absolute atomic E-state index is 13.1. The van der Waals surface area contributed by atoms with E-state index in [0.717, 1.165) is 55.0 Å². The summed E-state index contributed by atoms with van der Waals surface area (Å²) in [5.74, 6) is 1.14. The Kier molecular flexibility index (Phi) is 8.12. The van der Waals surface area contributed by atoms with Gasteiger partial charge in [-0.15, -0.1) is 0 Å². The summed E-state index contributed by atoms with van der Waals surface area (Å²) in [5.41, 5.74) is 2.17. The number of H-pyrrole nitrogens is 1. The molecule has 1 unspecified atom stereocenters. The molecule has 2 fully saturated rings. The highest BCUT2D eigenvalue weighted by atomic mass is 35.5. The number of hydrogen-bond acceptors (Lipinski definition) is 6. The van der Waals surface area contributed by atoms with E-state index in [-0.39, 0.29) is 23.8 Å². The molecule has 2 aromatic heterocycles. The Hall–Kier alpha value is -3.13. The number of nitrogens with zero attached hydrogens (tertiary/aromatic N) is 3. The predicted octanol–water partition coefficient (Wildman–Crippen LogP) is 6.86. The van der Waals surface area contributed by atoms with Crippen molar-refractivity contribution in [2.75, 3.05) is 18.4 Å². The summed E-state index contributed by atoms with van der Waals surface area (Å²) in [6, 6.07) is 8.34. The van der Waals surface area contributed by atoms with Gasteiger partial charge in [0, 0.05) is 54.1 Å². The molecule has 2 N–H and O–H groups in total. The number of ether oxygens (including phenoxy) is 1. The molecule has 1 aliphatic carbocycles. The summed E-state index contributed by atoms with van der Waals surface area (Å²) < 4.78 is 5.52. The fourth-order valence-corrected chi connectivity index (χ4v) is 5.96. The van der Waals surface area contributed by atoms with E-state index < -0.39 is 5.60 Å². The molecule has 39 heavy (non-hydrogen) atoms. The second kappa shape index (κ2) is 11.5. The molecule has 1 amide bonds. The van der Waals surface area contributed by atoms with Crippen molar-refractivity contribution < 1.29 is 14.3 Å². The van der Waals surface area contributed by atoms with Crippen molar-refractivity contribution in [3.63, 3.8) is 0 Å². The number of carbonyl (C=O) groups excluding carboxylic acids is 2. The van der Waals surface area contributed by atoms with Crippen LogP contribution in [0.25, 0.3) is 22.2 Å². The van der Waals surface area contributed by atoms with Crippen molar-refractivity contribution in [1.82, 2.24) is 19.9 Å². The van der Waals surface area contributed by atoms with Gasteiger partial charge in [-0.3, -0.25) is 4.79 Å². The first-order valence-corrected chi connectivity index (χ1v) is 14.4. The maximum Gasteiger partial charge on any atom is 0.410 e. The first kappa shape index (κ1) is 27.4. The molecule has 3 heterocycles. The quantitative estimate of drug-likeness (QED) is 0.347. The number of amides is 1. The molecule has 1 saturated heterocycles. The van der Waals surface area contributed by atoms with Crippen LogP contribution in [0, 0.1) is 11.8 Å². The Morgan fingerprint density at radius 3 is 2.69 bits per heavy atom. The van der Waals surface area contributed by atoms with Crippen LogP contribution in [0.15, 0.2) is 36.7 Å². The van der Waals surface area contributed by atoms with Crippen LogP contribution in [0.5, 0.6) is 0 Å². The van der Waals surface area contributed by atoms with Gasteiger partial charge in [0.15, 0.2) is 0 Å². The number of rotatable bonds is 6. The van der Waals surface area contributed by atoms with Gasteiger partial charge in [0.25, 0.3) is 0 Å². The third kappa shape index (κ3) is 6.72. The zero-order valence-electron chi connectivity index (χ0n) is 23.0. The minimum atomic E-state index is -0.532.